The molecule has 0 spiro atoms. The number of amides is 2. The lowest BCUT2D eigenvalue weighted by Crippen LogP contribution is -2.55. The molecule has 2 N–H and O–H groups in total. The molecular formula is C28H34N2O5. The molecule has 2 aromatic rings. The molecule has 0 radical (unpaired) electrons. The van der Waals surface area contributed by atoms with Crippen LogP contribution in [0.1, 0.15) is 57.1 Å². The quantitative estimate of drug-likeness (QED) is 0.547. The van der Waals surface area contributed by atoms with E-state index < -0.39 is 23.5 Å². The zero-order valence-electron chi connectivity index (χ0n) is 20.6. The maximum atomic E-state index is 13.5. The third-order valence-corrected chi connectivity index (χ3v) is 6.80. The van der Waals surface area contributed by atoms with Crippen molar-refractivity contribution < 1.29 is 24.2 Å². The summed E-state index contributed by atoms with van der Waals surface area (Å²) in [5.74, 6) is -0.878. The Kier molecular flexibility index (Phi) is 7.15. The van der Waals surface area contributed by atoms with E-state index in [0.717, 1.165) is 35.1 Å². The molecule has 7 nitrogen and oxygen atoms in total. The van der Waals surface area contributed by atoms with Gasteiger partial charge in [0.15, 0.2) is 0 Å². The maximum Gasteiger partial charge on any atom is 0.407 e. The molecular weight excluding hydrogens is 444 g/mol. The van der Waals surface area contributed by atoms with Crippen LogP contribution < -0.4 is 5.32 Å². The van der Waals surface area contributed by atoms with Crippen LogP contribution in [0.5, 0.6) is 0 Å². The van der Waals surface area contributed by atoms with Crippen molar-refractivity contribution >= 4 is 18.0 Å². The minimum Gasteiger partial charge on any atom is -0.481 e. The molecule has 2 aromatic carbocycles. The van der Waals surface area contributed by atoms with Gasteiger partial charge in [-0.1, -0.05) is 69.3 Å². The molecule has 0 heterocycles. The number of fused-ring (bicyclic) bond motifs is 3. The van der Waals surface area contributed by atoms with Crippen LogP contribution in [-0.2, 0) is 14.3 Å². The molecule has 2 amide bonds. The summed E-state index contributed by atoms with van der Waals surface area (Å²) in [5, 5.41) is 11.9. The highest BCUT2D eigenvalue weighted by Gasteiger charge is 2.38. The summed E-state index contributed by atoms with van der Waals surface area (Å²) in [6.45, 7) is 6.45. The van der Waals surface area contributed by atoms with Crippen molar-refractivity contribution in [3.63, 3.8) is 0 Å². The van der Waals surface area contributed by atoms with Crippen molar-refractivity contribution in [3.8, 4) is 11.1 Å². The number of rotatable bonds is 9. The van der Waals surface area contributed by atoms with Crippen molar-refractivity contribution in [2.45, 2.75) is 52.0 Å². The second-order valence-corrected chi connectivity index (χ2v) is 10.6. The third kappa shape index (κ3) is 5.84. The number of nitrogens with zero attached hydrogens (tertiary/aromatic N) is 1. The van der Waals surface area contributed by atoms with Crippen LogP contribution in [0.2, 0.25) is 0 Å². The molecule has 0 unspecified atom stereocenters. The van der Waals surface area contributed by atoms with Gasteiger partial charge < -0.3 is 20.1 Å². The first kappa shape index (κ1) is 24.8. The average molecular weight is 479 g/mol. The first-order valence-corrected chi connectivity index (χ1v) is 12.3. The second kappa shape index (κ2) is 10.1. The van der Waals surface area contributed by atoms with E-state index in [1.54, 1.807) is 4.90 Å². The number of carboxylic acid groups (broad SMARTS) is 1. The lowest BCUT2D eigenvalue weighted by Gasteiger charge is -2.34. The minimum atomic E-state index is -0.949. The van der Waals surface area contributed by atoms with E-state index in [0.29, 0.717) is 12.5 Å². The SMILES string of the molecule is CC(C)(C)[C@@H](NC(=O)OCC1c2ccccc2-c2ccccc21)C(=O)N(CCC(=O)O)CC1CC1. The Balaban J connectivity index is 1.44. The summed E-state index contributed by atoms with van der Waals surface area (Å²) >= 11 is 0. The van der Waals surface area contributed by atoms with Crippen LogP contribution >= 0.6 is 0 Å². The fourth-order valence-electron chi connectivity index (χ4n) is 4.72. The lowest BCUT2D eigenvalue weighted by molar-refractivity contribution is -0.140. The van der Waals surface area contributed by atoms with E-state index >= 15 is 0 Å². The van der Waals surface area contributed by atoms with Crippen molar-refractivity contribution in [3.05, 3.63) is 59.7 Å². The standard InChI is InChI=1S/C28H34N2O5/c1-28(2,3)25(26(33)30(15-14-24(31)32)16-18-12-13-18)29-27(34)35-17-23-21-10-6-4-8-19(21)20-9-5-7-11-22(20)23/h4-11,18,23,25H,12-17H2,1-3H3,(H,29,34)(H,31,32)/t25-/m0/s1. The fraction of sp³-hybridized carbons (Fsp3) is 0.464. The Labute approximate surface area is 206 Å². The number of hydrogen-bond donors (Lipinski definition) is 2. The predicted octanol–water partition coefficient (Wildman–Crippen LogP) is 4.65. The summed E-state index contributed by atoms with van der Waals surface area (Å²) in [5.41, 5.74) is 3.96. The van der Waals surface area contributed by atoms with Gasteiger partial charge in [-0.15, -0.1) is 0 Å². The first-order valence-electron chi connectivity index (χ1n) is 12.3. The zero-order valence-corrected chi connectivity index (χ0v) is 20.6. The highest BCUT2D eigenvalue weighted by atomic mass is 16.5. The summed E-state index contributed by atoms with van der Waals surface area (Å²) in [4.78, 5) is 39.1. The third-order valence-electron chi connectivity index (χ3n) is 6.80. The van der Waals surface area contributed by atoms with Crippen LogP contribution in [-0.4, -0.2) is 53.7 Å². The van der Waals surface area contributed by atoms with Gasteiger partial charge in [0.25, 0.3) is 0 Å². The average Bonchev–Trinajstić information content (AvgIpc) is 3.58. The Morgan fingerprint density at radius 2 is 1.60 bits per heavy atom. The molecule has 7 heteroatoms. The van der Waals surface area contributed by atoms with Crippen LogP contribution in [0.25, 0.3) is 11.1 Å². The van der Waals surface area contributed by atoms with E-state index in [1.807, 2.05) is 45.0 Å². The number of carbonyl (C=O) groups is 3. The summed E-state index contributed by atoms with van der Waals surface area (Å²) in [7, 11) is 0. The Morgan fingerprint density at radius 1 is 1.03 bits per heavy atom. The summed E-state index contributed by atoms with van der Waals surface area (Å²) in [6, 6.07) is 15.4. The number of nitrogens with one attached hydrogen (secondary N) is 1. The first-order chi connectivity index (χ1) is 16.6. The molecule has 186 valence electrons. The zero-order chi connectivity index (χ0) is 25.2. The van der Waals surface area contributed by atoms with Crippen LogP contribution in [0.4, 0.5) is 4.79 Å². The van der Waals surface area contributed by atoms with Crippen LogP contribution in [0.3, 0.4) is 0 Å². The van der Waals surface area contributed by atoms with Crippen molar-refractivity contribution in [1.29, 1.82) is 0 Å². The topological polar surface area (TPSA) is 95.9 Å². The van der Waals surface area contributed by atoms with E-state index in [9.17, 15) is 14.4 Å². The van der Waals surface area contributed by atoms with Crippen molar-refractivity contribution in [1.82, 2.24) is 10.2 Å². The van der Waals surface area contributed by atoms with Crippen LogP contribution in [0.15, 0.2) is 48.5 Å². The fourth-order valence-corrected chi connectivity index (χ4v) is 4.72. The number of ether oxygens (including phenoxy) is 1. The Bertz CT molecular complexity index is 1060. The monoisotopic (exact) mass is 478 g/mol. The predicted molar refractivity (Wildman–Crippen MR) is 133 cm³/mol. The molecule has 0 aromatic heterocycles. The normalized spacial score (nSPS) is 15.6. The van der Waals surface area contributed by atoms with Crippen LogP contribution in [0, 0.1) is 11.3 Å². The molecule has 35 heavy (non-hydrogen) atoms. The van der Waals surface area contributed by atoms with Gasteiger partial charge in [-0.2, -0.15) is 0 Å². The summed E-state index contributed by atoms with van der Waals surface area (Å²) < 4.78 is 5.67. The highest BCUT2D eigenvalue weighted by Crippen LogP contribution is 2.44. The van der Waals surface area contributed by atoms with Gasteiger partial charge in [-0.3, -0.25) is 9.59 Å². The number of carbonyl (C=O) groups excluding carboxylic acids is 2. The van der Waals surface area contributed by atoms with E-state index in [1.165, 1.54) is 0 Å². The molecule has 4 rings (SSSR count). The van der Waals surface area contributed by atoms with Gasteiger partial charge in [0.05, 0.1) is 6.42 Å². The van der Waals surface area contributed by atoms with Gasteiger partial charge in [-0.25, -0.2) is 4.79 Å². The number of aliphatic carboxylic acids is 1. The highest BCUT2D eigenvalue weighted by molar-refractivity contribution is 5.87. The van der Waals surface area contributed by atoms with Crippen molar-refractivity contribution in [2.24, 2.45) is 11.3 Å². The molecule has 1 atom stereocenters. The Hall–Kier alpha value is -3.35. The number of alkyl carbamates (subject to hydrolysis) is 1. The molecule has 2 aliphatic rings. The lowest BCUT2D eigenvalue weighted by atomic mass is 9.85. The number of hydrogen-bond acceptors (Lipinski definition) is 4. The largest absolute Gasteiger partial charge is 0.481 e. The summed E-state index contributed by atoms with van der Waals surface area (Å²) in [6.07, 6.45) is 1.30. The molecule has 0 bridgehead atoms. The molecule has 0 saturated heterocycles. The molecule has 1 fully saturated rings. The van der Waals surface area contributed by atoms with Gasteiger partial charge in [0.1, 0.15) is 12.6 Å². The Morgan fingerprint density at radius 3 is 2.11 bits per heavy atom. The van der Waals surface area contributed by atoms with E-state index in [-0.39, 0.29) is 31.4 Å². The minimum absolute atomic E-state index is 0.0705. The van der Waals surface area contributed by atoms with Gasteiger partial charge >= 0.3 is 12.1 Å². The second-order valence-electron chi connectivity index (χ2n) is 10.6. The van der Waals surface area contributed by atoms with E-state index in [4.69, 9.17) is 9.84 Å². The number of benzene rings is 2. The molecule has 2 aliphatic carbocycles. The maximum absolute atomic E-state index is 13.5. The van der Waals surface area contributed by atoms with Gasteiger partial charge in [0, 0.05) is 19.0 Å². The van der Waals surface area contributed by atoms with E-state index in [2.05, 4.69) is 29.6 Å². The molecule has 0 aliphatic heterocycles. The molecule has 1 saturated carbocycles. The number of carboxylic acids is 1. The van der Waals surface area contributed by atoms with Crippen molar-refractivity contribution in [2.75, 3.05) is 19.7 Å². The smallest absolute Gasteiger partial charge is 0.407 e. The van der Waals surface area contributed by atoms with Gasteiger partial charge in [0.2, 0.25) is 5.91 Å². The van der Waals surface area contributed by atoms with Gasteiger partial charge in [-0.05, 0) is 46.4 Å².